The second-order valence-corrected chi connectivity index (χ2v) is 8.39. The SMILES string of the molecule is CC(NC(=O)c1cc(Br)cc(OS(=O)(=O)C(F)(F)F)c1)c1ncnn1-c1ncccn1. The first-order valence-corrected chi connectivity index (χ1v) is 10.5. The van der Waals surface area contributed by atoms with E-state index in [1.54, 1.807) is 13.0 Å². The van der Waals surface area contributed by atoms with E-state index >= 15 is 0 Å². The number of rotatable bonds is 6. The second kappa shape index (κ2) is 8.58. The molecular weight excluding hydrogens is 509 g/mol. The van der Waals surface area contributed by atoms with Gasteiger partial charge in [0, 0.05) is 22.4 Å². The Morgan fingerprint density at radius 3 is 2.52 bits per heavy atom. The van der Waals surface area contributed by atoms with Gasteiger partial charge in [-0.1, -0.05) is 15.9 Å². The van der Waals surface area contributed by atoms with Crippen molar-refractivity contribution in [2.75, 3.05) is 0 Å². The van der Waals surface area contributed by atoms with E-state index in [0.717, 1.165) is 12.1 Å². The molecule has 3 rings (SSSR count). The van der Waals surface area contributed by atoms with Gasteiger partial charge < -0.3 is 9.50 Å². The van der Waals surface area contributed by atoms with E-state index in [1.165, 1.54) is 29.5 Å². The number of halogens is 4. The predicted octanol–water partition coefficient (Wildman–Crippen LogP) is 2.54. The van der Waals surface area contributed by atoms with Crippen molar-refractivity contribution >= 4 is 32.0 Å². The second-order valence-electron chi connectivity index (χ2n) is 5.93. The fourth-order valence-corrected chi connectivity index (χ4v) is 3.28. The van der Waals surface area contributed by atoms with Gasteiger partial charge in [-0.2, -0.15) is 31.4 Å². The molecule has 0 spiro atoms. The van der Waals surface area contributed by atoms with Crippen LogP contribution in [-0.2, 0) is 10.1 Å². The highest BCUT2D eigenvalue weighted by Gasteiger charge is 2.48. The lowest BCUT2D eigenvalue weighted by Gasteiger charge is -2.15. The topological polar surface area (TPSA) is 129 Å². The molecule has 0 radical (unpaired) electrons. The molecule has 1 unspecified atom stereocenters. The number of alkyl halides is 3. The van der Waals surface area contributed by atoms with Crippen LogP contribution in [0.1, 0.15) is 29.1 Å². The van der Waals surface area contributed by atoms with Gasteiger partial charge in [-0.25, -0.2) is 15.0 Å². The number of amides is 1. The molecule has 1 amide bonds. The molecule has 2 heterocycles. The number of nitrogens with zero attached hydrogens (tertiary/aromatic N) is 5. The lowest BCUT2D eigenvalue weighted by atomic mass is 10.2. The number of aromatic nitrogens is 5. The van der Waals surface area contributed by atoms with E-state index in [1.807, 2.05) is 0 Å². The van der Waals surface area contributed by atoms with Crippen LogP contribution in [0, 0.1) is 0 Å². The number of carbonyl (C=O) groups is 1. The summed E-state index contributed by atoms with van der Waals surface area (Å²) in [4.78, 5) is 24.8. The van der Waals surface area contributed by atoms with E-state index in [0.29, 0.717) is 0 Å². The number of hydrogen-bond acceptors (Lipinski definition) is 8. The molecule has 10 nitrogen and oxygen atoms in total. The average molecular weight is 521 g/mol. The molecule has 2 aromatic heterocycles. The van der Waals surface area contributed by atoms with E-state index in [9.17, 15) is 26.4 Å². The van der Waals surface area contributed by atoms with Crippen molar-refractivity contribution in [1.82, 2.24) is 30.0 Å². The molecule has 1 N–H and O–H groups in total. The third-order valence-electron chi connectivity index (χ3n) is 3.67. The quantitative estimate of drug-likeness (QED) is 0.387. The fourth-order valence-electron chi connectivity index (χ4n) is 2.36. The minimum atomic E-state index is -5.89. The number of carbonyl (C=O) groups excluding carboxylic acids is 1. The molecule has 0 aliphatic carbocycles. The summed E-state index contributed by atoms with van der Waals surface area (Å²) < 4.78 is 65.6. The van der Waals surface area contributed by atoms with Crippen molar-refractivity contribution in [2.45, 2.75) is 18.5 Å². The first kappa shape index (κ1) is 22.6. The normalized spacial score (nSPS) is 12.9. The van der Waals surface area contributed by atoms with Gasteiger partial charge in [0.05, 0.1) is 6.04 Å². The van der Waals surface area contributed by atoms with Gasteiger partial charge in [-0.05, 0) is 31.2 Å². The number of nitrogens with one attached hydrogen (secondary N) is 1. The van der Waals surface area contributed by atoms with Crippen LogP contribution in [0.4, 0.5) is 13.2 Å². The van der Waals surface area contributed by atoms with Crippen molar-refractivity contribution in [1.29, 1.82) is 0 Å². The lowest BCUT2D eigenvalue weighted by molar-refractivity contribution is -0.0500. The van der Waals surface area contributed by atoms with E-state index in [-0.39, 0.29) is 21.8 Å². The van der Waals surface area contributed by atoms with Crippen molar-refractivity contribution in [2.24, 2.45) is 0 Å². The smallest absolute Gasteiger partial charge is 0.376 e. The summed E-state index contributed by atoms with van der Waals surface area (Å²) in [6.45, 7) is 1.59. The van der Waals surface area contributed by atoms with Gasteiger partial charge in [-0.15, -0.1) is 0 Å². The van der Waals surface area contributed by atoms with Gasteiger partial charge in [0.25, 0.3) is 11.9 Å². The van der Waals surface area contributed by atoms with Crippen molar-refractivity contribution < 1.29 is 30.6 Å². The Balaban J connectivity index is 1.82. The highest BCUT2D eigenvalue weighted by atomic mass is 79.9. The zero-order valence-corrected chi connectivity index (χ0v) is 17.8. The van der Waals surface area contributed by atoms with Crippen LogP contribution in [0.15, 0.2) is 47.5 Å². The van der Waals surface area contributed by atoms with E-state index < -0.39 is 33.3 Å². The lowest BCUT2D eigenvalue weighted by Crippen LogP contribution is -2.29. The summed E-state index contributed by atoms with van der Waals surface area (Å²) in [6.07, 6.45) is 4.23. The standard InChI is InChI=1S/C16H12BrF3N6O4S/c1-9(13-23-8-24-26(13)15-21-3-2-4-22-15)25-14(27)10-5-11(17)7-12(6-10)30-31(28,29)16(18,19)20/h2-9H,1H3,(H,25,27). The minimum absolute atomic E-state index is 0.126. The molecule has 31 heavy (non-hydrogen) atoms. The first-order valence-electron chi connectivity index (χ1n) is 8.27. The van der Waals surface area contributed by atoms with Gasteiger partial charge in [0.15, 0.2) is 5.82 Å². The van der Waals surface area contributed by atoms with Crippen LogP contribution in [0.5, 0.6) is 5.75 Å². The fraction of sp³-hybridized carbons (Fsp3) is 0.188. The zero-order chi connectivity index (χ0) is 22.8. The summed E-state index contributed by atoms with van der Waals surface area (Å²) in [5, 5.41) is 6.60. The maximum absolute atomic E-state index is 12.6. The molecule has 0 saturated heterocycles. The molecule has 0 aliphatic heterocycles. The molecule has 3 aromatic rings. The maximum Gasteiger partial charge on any atom is 0.534 e. The Bertz CT molecular complexity index is 1200. The Morgan fingerprint density at radius 2 is 1.87 bits per heavy atom. The summed E-state index contributed by atoms with van der Waals surface area (Å²) in [5.74, 6) is -0.922. The summed E-state index contributed by atoms with van der Waals surface area (Å²) >= 11 is 3.01. The van der Waals surface area contributed by atoms with Crippen LogP contribution in [0.2, 0.25) is 0 Å². The van der Waals surface area contributed by atoms with Crippen molar-refractivity contribution in [3.05, 3.63) is 58.8 Å². The Labute approximate surface area is 181 Å². The predicted molar refractivity (Wildman–Crippen MR) is 103 cm³/mol. The van der Waals surface area contributed by atoms with Gasteiger partial charge in [-0.3, -0.25) is 4.79 Å². The Kier molecular flexibility index (Phi) is 6.26. The summed E-state index contributed by atoms with van der Waals surface area (Å²) in [7, 11) is -5.89. The van der Waals surface area contributed by atoms with E-state index in [2.05, 4.69) is 45.5 Å². The summed E-state index contributed by atoms with van der Waals surface area (Å²) in [6, 6.07) is 4.01. The van der Waals surface area contributed by atoms with Crippen LogP contribution in [0.3, 0.4) is 0 Å². The largest absolute Gasteiger partial charge is 0.534 e. The molecule has 0 bridgehead atoms. The Morgan fingerprint density at radius 1 is 1.19 bits per heavy atom. The van der Waals surface area contributed by atoms with Crippen LogP contribution in [0.25, 0.3) is 5.95 Å². The van der Waals surface area contributed by atoms with Crippen molar-refractivity contribution in [3.8, 4) is 11.7 Å². The molecule has 1 aromatic carbocycles. The third kappa shape index (κ3) is 5.16. The molecular formula is C16H12BrF3N6O4S. The molecule has 0 fully saturated rings. The molecule has 0 saturated carbocycles. The monoisotopic (exact) mass is 520 g/mol. The third-order valence-corrected chi connectivity index (χ3v) is 5.11. The number of hydrogen-bond donors (Lipinski definition) is 1. The molecule has 0 aliphatic rings. The Hall–Kier alpha value is -3.07. The minimum Gasteiger partial charge on any atom is -0.376 e. The first-order chi connectivity index (χ1) is 14.5. The highest BCUT2D eigenvalue weighted by molar-refractivity contribution is 9.10. The average Bonchev–Trinajstić information content (AvgIpc) is 3.17. The van der Waals surface area contributed by atoms with Gasteiger partial charge in [0.2, 0.25) is 0 Å². The van der Waals surface area contributed by atoms with Crippen LogP contribution >= 0.6 is 15.9 Å². The maximum atomic E-state index is 12.6. The van der Waals surface area contributed by atoms with Crippen LogP contribution < -0.4 is 9.50 Å². The van der Waals surface area contributed by atoms with Gasteiger partial charge >= 0.3 is 15.6 Å². The van der Waals surface area contributed by atoms with Gasteiger partial charge in [0.1, 0.15) is 12.1 Å². The zero-order valence-electron chi connectivity index (χ0n) is 15.4. The van der Waals surface area contributed by atoms with E-state index in [4.69, 9.17) is 0 Å². The van der Waals surface area contributed by atoms with Crippen LogP contribution in [-0.4, -0.2) is 44.6 Å². The molecule has 1 atom stereocenters. The molecule has 15 heteroatoms. The number of benzene rings is 1. The highest BCUT2D eigenvalue weighted by Crippen LogP contribution is 2.29. The molecule has 164 valence electrons. The van der Waals surface area contributed by atoms with Crippen molar-refractivity contribution in [3.63, 3.8) is 0 Å². The summed E-state index contributed by atoms with van der Waals surface area (Å²) in [5.41, 5.74) is -5.77.